The van der Waals surface area contributed by atoms with Crippen LogP contribution in [0.1, 0.15) is 22.9 Å². The molecule has 1 N–H and O–H groups in total. The van der Waals surface area contributed by atoms with E-state index < -0.39 is 0 Å². The third kappa shape index (κ3) is 5.11. The van der Waals surface area contributed by atoms with Crippen molar-refractivity contribution in [3.05, 3.63) is 175 Å². The lowest BCUT2D eigenvalue weighted by atomic mass is 9.95. The molecule has 3 aromatic heterocycles. The molecular weight excluding hydrogens is 629 g/mol. The van der Waals surface area contributed by atoms with Gasteiger partial charge < -0.3 is 9.73 Å². The molecule has 6 aromatic carbocycles. The van der Waals surface area contributed by atoms with Crippen LogP contribution in [0.2, 0.25) is 0 Å². The summed E-state index contributed by atoms with van der Waals surface area (Å²) >= 11 is 0. The molecule has 0 aliphatic carbocycles. The van der Waals surface area contributed by atoms with E-state index in [0.717, 1.165) is 77.7 Å². The van der Waals surface area contributed by atoms with Crippen molar-refractivity contribution in [3.63, 3.8) is 0 Å². The molecule has 0 saturated carbocycles. The van der Waals surface area contributed by atoms with Gasteiger partial charge in [-0.2, -0.15) is 0 Å². The lowest BCUT2D eigenvalue weighted by Gasteiger charge is -2.27. The first-order chi connectivity index (χ1) is 25.2. The lowest BCUT2D eigenvalue weighted by molar-refractivity contribution is 0.662. The number of aliphatic imine (C=N–C) groups is 1. The van der Waals surface area contributed by atoms with Crippen LogP contribution in [0.15, 0.2) is 167 Å². The Hall–Kier alpha value is -6.99. The summed E-state index contributed by atoms with van der Waals surface area (Å²) in [5.74, 6) is 2.55. The maximum atomic E-state index is 6.27. The summed E-state index contributed by atoms with van der Waals surface area (Å²) in [4.78, 5) is 25.2. The molecule has 1 aliphatic heterocycles. The van der Waals surface area contributed by atoms with Crippen molar-refractivity contribution < 1.29 is 4.42 Å². The van der Waals surface area contributed by atoms with Gasteiger partial charge in [0.05, 0.1) is 17.4 Å². The molecule has 0 saturated heterocycles. The molecule has 0 fully saturated rings. The predicted molar refractivity (Wildman–Crippen MR) is 203 cm³/mol. The minimum Gasteiger partial charge on any atom is -0.456 e. The second-order valence-electron chi connectivity index (χ2n) is 12.6. The van der Waals surface area contributed by atoms with Crippen molar-refractivity contribution in [1.82, 2.24) is 25.3 Å². The summed E-state index contributed by atoms with van der Waals surface area (Å²) in [6.45, 7) is 0. The van der Waals surface area contributed by atoms with E-state index in [9.17, 15) is 0 Å². The number of nitrogens with zero attached hydrogens (tertiary/aromatic N) is 5. The highest BCUT2D eigenvalue weighted by atomic mass is 16.3. The third-order valence-electron chi connectivity index (χ3n) is 9.42. The fraction of sp³-hybridized carbons (Fsp3) is 0.0227. The van der Waals surface area contributed by atoms with Gasteiger partial charge in [0.1, 0.15) is 17.0 Å². The maximum Gasteiger partial charge on any atom is 0.164 e. The minimum absolute atomic E-state index is 0.264. The highest BCUT2D eigenvalue weighted by Crippen LogP contribution is 2.38. The molecule has 7 heteroatoms. The summed E-state index contributed by atoms with van der Waals surface area (Å²) in [7, 11) is 0. The van der Waals surface area contributed by atoms with Gasteiger partial charge in [0.2, 0.25) is 0 Å². The van der Waals surface area contributed by atoms with Gasteiger partial charge >= 0.3 is 0 Å². The SMILES string of the molecule is c1ccc(-c2nc(-c3ccccc3)nc(-c3cc(C4=Nc5ccccc5C(c5cc6oc7ccccc7c6cn5)N4)c4ccccc4c3)n2)cc1. The molecule has 7 nitrogen and oxygen atoms in total. The van der Waals surface area contributed by atoms with Crippen LogP contribution in [0.25, 0.3) is 66.9 Å². The summed E-state index contributed by atoms with van der Waals surface area (Å²) in [6, 6.07) is 50.8. The van der Waals surface area contributed by atoms with E-state index >= 15 is 0 Å². The van der Waals surface area contributed by atoms with Crippen LogP contribution in [-0.2, 0) is 0 Å². The summed E-state index contributed by atoms with van der Waals surface area (Å²) < 4.78 is 6.27. The van der Waals surface area contributed by atoms with Gasteiger partial charge in [-0.1, -0.05) is 121 Å². The number of aromatic nitrogens is 4. The number of amidine groups is 1. The average Bonchev–Trinajstić information content (AvgIpc) is 3.58. The van der Waals surface area contributed by atoms with Crippen LogP contribution < -0.4 is 5.32 Å². The van der Waals surface area contributed by atoms with E-state index in [1.54, 1.807) is 0 Å². The van der Waals surface area contributed by atoms with Crippen LogP contribution in [-0.4, -0.2) is 25.8 Å². The number of benzene rings is 6. The Kier molecular flexibility index (Phi) is 6.74. The van der Waals surface area contributed by atoms with Gasteiger partial charge in [-0.05, 0) is 35.0 Å². The summed E-state index contributed by atoms with van der Waals surface area (Å²) in [5, 5.41) is 7.94. The molecule has 10 rings (SSSR count). The van der Waals surface area contributed by atoms with Crippen molar-refractivity contribution in [2.24, 2.45) is 4.99 Å². The first-order valence-corrected chi connectivity index (χ1v) is 16.9. The Morgan fingerprint density at radius 1 is 0.510 bits per heavy atom. The molecule has 240 valence electrons. The Bertz CT molecular complexity index is 2730. The zero-order chi connectivity index (χ0) is 33.7. The van der Waals surface area contributed by atoms with Crippen molar-refractivity contribution >= 4 is 44.2 Å². The van der Waals surface area contributed by atoms with Crippen LogP contribution in [0.5, 0.6) is 0 Å². The molecule has 9 aromatic rings. The fourth-order valence-electron chi connectivity index (χ4n) is 6.94. The number of pyridine rings is 1. The number of furan rings is 1. The molecule has 1 unspecified atom stereocenters. The summed E-state index contributed by atoms with van der Waals surface area (Å²) in [6.07, 6.45) is 1.91. The van der Waals surface area contributed by atoms with Crippen LogP contribution >= 0.6 is 0 Å². The van der Waals surface area contributed by atoms with Crippen molar-refractivity contribution in [3.8, 4) is 34.2 Å². The van der Waals surface area contributed by atoms with E-state index in [1.807, 2.05) is 103 Å². The second-order valence-corrected chi connectivity index (χ2v) is 12.6. The molecule has 51 heavy (non-hydrogen) atoms. The van der Waals surface area contributed by atoms with E-state index in [-0.39, 0.29) is 6.04 Å². The van der Waals surface area contributed by atoms with E-state index in [0.29, 0.717) is 17.5 Å². The van der Waals surface area contributed by atoms with E-state index in [2.05, 4.69) is 59.9 Å². The second kappa shape index (κ2) is 11.9. The molecule has 0 radical (unpaired) electrons. The molecule has 0 spiro atoms. The standard InChI is InChI=1S/C44H28N6O/c1-3-13-27(14-4-1)41-48-42(28-15-5-2-6-16-28)50-43(49-41)30-23-29-17-7-8-18-31(29)34(24-30)44-46-36-21-11-9-20-33(36)40(47-44)37-25-39-35(26-45-37)32-19-10-12-22-38(32)51-39/h1-26,40H,(H,46,47). The smallest absolute Gasteiger partial charge is 0.164 e. The highest BCUT2D eigenvalue weighted by Gasteiger charge is 2.27. The van der Waals surface area contributed by atoms with Crippen LogP contribution in [0, 0.1) is 0 Å². The first kappa shape index (κ1) is 29.0. The van der Waals surface area contributed by atoms with Crippen molar-refractivity contribution in [1.29, 1.82) is 0 Å². The topological polar surface area (TPSA) is 89.1 Å². The van der Waals surface area contributed by atoms with E-state index in [4.69, 9.17) is 29.3 Å². The summed E-state index contributed by atoms with van der Waals surface area (Å²) in [5.41, 5.74) is 8.07. The molecule has 1 atom stereocenters. The number of para-hydroxylation sites is 2. The van der Waals surface area contributed by atoms with Crippen LogP contribution in [0.4, 0.5) is 5.69 Å². The average molecular weight is 657 g/mol. The molecular formula is C44H28N6O. The number of hydrogen-bond donors (Lipinski definition) is 1. The fourth-order valence-corrected chi connectivity index (χ4v) is 6.94. The monoisotopic (exact) mass is 656 g/mol. The number of rotatable bonds is 5. The van der Waals surface area contributed by atoms with Gasteiger partial charge in [0.15, 0.2) is 17.5 Å². The van der Waals surface area contributed by atoms with Crippen molar-refractivity contribution in [2.45, 2.75) is 6.04 Å². The van der Waals surface area contributed by atoms with Gasteiger partial charge in [0, 0.05) is 50.9 Å². The molecule has 4 heterocycles. The van der Waals surface area contributed by atoms with Crippen LogP contribution in [0.3, 0.4) is 0 Å². The Morgan fingerprint density at radius 2 is 1.14 bits per heavy atom. The Morgan fingerprint density at radius 3 is 1.90 bits per heavy atom. The zero-order valence-corrected chi connectivity index (χ0v) is 27.2. The highest BCUT2D eigenvalue weighted by molar-refractivity contribution is 6.13. The maximum absolute atomic E-state index is 6.27. The third-order valence-corrected chi connectivity index (χ3v) is 9.42. The lowest BCUT2D eigenvalue weighted by Crippen LogP contribution is -2.33. The largest absolute Gasteiger partial charge is 0.456 e. The first-order valence-electron chi connectivity index (χ1n) is 16.9. The van der Waals surface area contributed by atoms with Gasteiger partial charge in [0.25, 0.3) is 0 Å². The number of nitrogens with one attached hydrogen (secondary N) is 1. The molecule has 0 bridgehead atoms. The quantitative estimate of drug-likeness (QED) is 0.198. The van der Waals surface area contributed by atoms with Gasteiger partial charge in [-0.15, -0.1) is 0 Å². The number of fused-ring (bicyclic) bond motifs is 5. The number of hydrogen-bond acceptors (Lipinski definition) is 7. The van der Waals surface area contributed by atoms with Gasteiger partial charge in [-0.3, -0.25) is 4.98 Å². The molecule has 1 aliphatic rings. The Labute approximate surface area is 293 Å². The Balaban J connectivity index is 1.14. The minimum atomic E-state index is -0.264. The normalized spacial score (nSPS) is 14.0. The van der Waals surface area contributed by atoms with E-state index in [1.165, 1.54) is 0 Å². The molecule has 0 amide bonds. The van der Waals surface area contributed by atoms with Gasteiger partial charge in [-0.25, -0.2) is 19.9 Å². The zero-order valence-electron chi connectivity index (χ0n) is 27.2. The predicted octanol–water partition coefficient (Wildman–Crippen LogP) is 10.1. The van der Waals surface area contributed by atoms with Crippen molar-refractivity contribution in [2.75, 3.05) is 0 Å².